The van der Waals surface area contributed by atoms with E-state index in [0.29, 0.717) is 10.7 Å². The Morgan fingerprint density at radius 3 is 2.43 bits per heavy atom. The Kier molecular flexibility index (Phi) is 4.80. The van der Waals surface area contributed by atoms with Crippen LogP contribution in [0.1, 0.15) is 11.1 Å². The number of urea groups is 1. The number of nitrogens with one attached hydrogen (secondary N) is 3. The van der Waals surface area contributed by atoms with Crippen LogP contribution in [0.25, 0.3) is 22.2 Å². The van der Waals surface area contributed by atoms with Crippen LogP contribution in [0.5, 0.6) is 0 Å². The van der Waals surface area contributed by atoms with Gasteiger partial charge in [-0.1, -0.05) is 65.7 Å². The summed E-state index contributed by atoms with van der Waals surface area (Å²) >= 11 is 6.16. The van der Waals surface area contributed by atoms with Crippen LogP contribution in [0.15, 0.2) is 66.7 Å². The van der Waals surface area contributed by atoms with E-state index in [9.17, 15) is 4.79 Å². The molecule has 5 heteroatoms. The summed E-state index contributed by atoms with van der Waals surface area (Å²) in [5.74, 6) is 0. The number of fused-ring (bicyclic) bond motifs is 1. The molecule has 4 aromatic rings. The zero-order valence-electron chi connectivity index (χ0n) is 15.6. The minimum absolute atomic E-state index is 0.316. The lowest BCUT2D eigenvalue weighted by atomic mass is 10.1. The first-order chi connectivity index (χ1) is 13.5. The van der Waals surface area contributed by atoms with E-state index in [1.165, 1.54) is 5.56 Å². The van der Waals surface area contributed by atoms with E-state index in [4.69, 9.17) is 11.6 Å². The number of rotatable bonds is 3. The number of halogens is 1. The van der Waals surface area contributed by atoms with Gasteiger partial charge in [-0.15, -0.1) is 0 Å². The molecule has 2 amide bonds. The number of H-pyrrole nitrogens is 1. The molecule has 3 N–H and O–H groups in total. The summed E-state index contributed by atoms with van der Waals surface area (Å²) in [6.45, 7) is 3.93. The number of anilines is 2. The Morgan fingerprint density at radius 2 is 1.64 bits per heavy atom. The van der Waals surface area contributed by atoms with E-state index in [1.807, 2.05) is 55.5 Å². The van der Waals surface area contributed by atoms with Gasteiger partial charge >= 0.3 is 6.03 Å². The van der Waals surface area contributed by atoms with E-state index in [-0.39, 0.29) is 6.03 Å². The number of carbonyl (C=O) groups is 1. The Hall–Kier alpha value is -3.24. The van der Waals surface area contributed by atoms with Crippen molar-refractivity contribution >= 4 is 39.9 Å². The fraction of sp³-hybridized carbons (Fsp3) is 0.0870. The minimum atomic E-state index is -0.316. The predicted octanol–water partition coefficient (Wildman–Crippen LogP) is 6.75. The van der Waals surface area contributed by atoms with Crippen LogP contribution in [0, 0.1) is 13.8 Å². The molecule has 0 unspecified atom stereocenters. The maximum Gasteiger partial charge on any atom is 0.323 e. The molecule has 0 aliphatic heterocycles. The van der Waals surface area contributed by atoms with Gasteiger partial charge in [-0.3, -0.25) is 0 Å². The number of para-hydroxylation sites is 1. The first-order valence-corrected chi connectivity index (χ1v) is 9.41. The molecule has 140 valence electrons. The summed E-state index contributed by atoms with van der Waals surface area (Å²) < 4.78 is 0. The molecule has 1 heterocycles. The van der Waals surface area contributed by atoms with Gasteiger partial charge in [0.05, 0.1) is 11.4 Å². The highest BCUT2D eigenvalue weighted by Crippen LogP contribution is 2.35. The van der Waals surface area contributed by atoms with Crippen LogP contribution in [0.2, 0.25) is 5.02 Å². The molecular weight excluding hydrogens is 370 g/mol. The molecule has 0 spiro atoms. The highest BCUT2D eigenvalue weighted by atomic mass is 35.5. The van der Waals surface area contributed by atoms with Crippen molar-refractivity contribution in [3.8, 4) is 11.3 Å². The molecule has 3 aromatic carbocycles. The lowest BCUT2D eigenvalue weighted by Crippen LogP contribution is -2.20. The maximum atomic E-state index is 12.7. The van der Waals surface area contributed by atoms with Crippen LogP contribution in [-0.4, -0.2) is 11.0 Å². The molecule has 0 aliphatic carbocycles. The summed E-state index contributed by atoms with van der Waals surface area (Å²) in [6, 6.07) is 21.2. The minimum Gasteiger partial charge on any atom is -0.353 e. The van der Waals surface area contributed by atoms with Crippen molar-refractivity contribution in [2.75, 3.05) is 10.6 Å². The molecule has 0 aliphatic rings. The number of amides is 2. The summed E-state index contributed by atoms with van der Waals surface area (Å²) in [5.41, 5.74) is 6.29. The lowest BCUT2D eigenvalue weighted by Gasteiger charge is -2.12. The SMILES string of the molecule is Cc1ccc(-c2[nH]c3ccccc3c2NC(=O)Nc2cccc(Cl)c2C)cc1. The van der Waals surface area contributed by atoms with Crippen molar-refractivity contribution in [2.24, 2.45) is 0 Å². The number of benzene rings is 3. The largest absolute Gasteiger partial charge is 0.353 e. The number of aromatic nitrogens is 1. The van der Waals surface area contributed by atoms with Crippen LogP contribution in [0.4, 0.5) is 16.2 Å². The van der Waals surface area contributed by atoms with Crippen LogP contribution in [0.3, 0.4) is 0 Å². The molecule has 0 fully saturated rings. The second-order valence-electron chi connectivity index (χ2n) is 6.78. The summed E-state index contributed by atoms with van der Waals surface area (Å²) in [4.78, 5) is 16.2. The quantitative estimate of drug-likeness (QED) is 0.356. The molecule has 0 saturated heterocycles. The summed E-state index contributed by atoms with van der Waals surface area (Å²) in [5, 5.41) is 7.48. The lowest BCUT2D eigenvalue weighted by molar-refractivity contribution is 0.262. The normalized spacial score (nSPS) is 10.8. The maximum absolute atomic E-state index is 12.7. The Morgan fingerprint density at radius 1 is 0.893 bits per heavy atom. The smallest absolute Gasteiger partial charge is 0.323 e. The third-order valence-electron chi connectivity index (χ3n) is 4.80. The average molecular weight is 390 g/mol. The summed E-state index contributed by atoms with van der Waals surface area (Å²) in [7, 11) is 0. The van der Waals surface area contributed by atoms with Gasteiger partial charge in [-0.05, 0) is 37.6 Å². The number of aryl methyl sites for hydroxylation is 1. The highest BCUT2D eigenvalue weighted by molar-refractivity contribution is 6.31. The van der Waals surface area contributed by atoms with Gasteiger partial charge in [-0.25, -0.2) is 4.79 Å². The molecule has 0 saturated carbocycles. The molecule has 0 radical (unpaired) electrons. The van der Waals surface area contributed by atoms with Crippen molar-refractivity contribution < 1.29 is 4.79 Å². The van der Waals surface area contributed by atoms with Gasteiger partial charge in [0.25, 0.3) is 0 Å². The number of hydrogen-bond acceptors (Lipinski definition) is 1. The molecule has 4 rings (SSSR count). The van der Waals surface area contributed by atoms with Gasteiger partial charge in [-0.2, -0.15) is 0 Å². The van der Waals surface area contributed by atoms with Crippen LogP contribution >= 0.6 is 11.6 Å². The number of hydrogen-bond donors (Lipinski definition) is 3. The van der Waals surface area contributed by atoms with Gasteiger partial charge in [0.1, 0.15) is 0 Å². The van der Waals surface area contributed by atoms with Gasteiger partial charge in [0.15, 0.2) is 0 Å². The van der Waals surface area contributed by atoms with Gasteiger partial charge < -0.3 is 15.6 Å². The van der Waals surface area contributed by atoms with Gasteiger partial charge in [0.2, 0.25) is 0 Å². The van der Waals surface area contributed by atoms with Crippen molar-refractivity contribution in [3.05, 3.63) is 82.9 Å². The van der Waals surface area contributed by atoms with Crippen molar-refractivity contribution in [1.82, 2.24) is 4.98 Å². The van der Waals surface area contributed by atoms with E-state index in [2.05, 4.69) is 34.7 Å². The van der Waals surface area contributed by atoms with Crippen molar-refractivity contribution in [3.63, 3.8) is 0 Å². The van der Waals surface area contributed by atoms with Crippen LogP contribution < -0.4 is 10.6 Å². The number of aromatic amines is 1. The zero-order chi connectivity index (χ0) is 19.7. The zero-order valence-corrected chi connectivity index (χ0v) is 16.4. The molecule has 4 nitrogen and oxygen atoms in total. The van der Waals surface area contributed by atoms with E-state index < -0.39 is 0 Å². The molecule has 0 bridgehead atoms. The first kappa shape index (κ1) is 18.1. The molecule has 28 heavy (non-hydrogen) atoms. The average Bonchev–Trinajstić information content (AvgIpc) is 3.04. The van der Waals surface area contributed by atoms with Gasteiger partial charge in [0, 0.05) is 27.2 Å². The van der Waals surface area contributed by atoms with Crippen LogP contribution in [-0.2, 0) is 0 Å². The van der Waals surface area contributed by atoms with E-state index in [0.717, 1.165) is 33.4 Å². The van der Waals surface area contributed by atoms with Crippen molar-refractivity contribution in [2.45, 2.75) is 13.8 Å². The second-order valence-corrected chi connectivity index (χ2v) is 7.19. The number of carbonyl (C=O) groups excluding carboxylic acids is 1. The standard InChI is InChI=1S/C23H20ClN3O/c1-14-10-12-16(13-11-14)21-22(17-6-3-4-8-20(17)25-21)27-23(28)26-19-9-5-7-18(24)15(19)2/h3-13,25H,1-2H3,(H2,26,27,28). The topological polar surface area (TPSA) is 56.9 Å². The molecule has 1 aromatic heterocycles. The van der Waals surface area contributed by atoms with Crippen molar-refractivity contribution in [1.29, 1.82) is 0 Å². The molecule has 0 atom stereocenters. The van der Waals surface area contributed by atoms with E-state index >= 15 is 0 Å². The first-order valence-electron chi connectivity index (χ1n) is 9.04. The third-order valence-corrected chi connectivity index (χ3v) is 5.21. The third kappa shape index (κ3) is 3.47. The monoisotopic (exact) mass is 389 g/mol. The van der Waals surface area contributed by atoms with E-state index in [1.54, 1.807) is 6.07 Å². The predicted molar refractivity (Wildman–Crippen MR) is 117 cm³/mol. The Labute approximate surface area is 168 Å². The Balaban J connectivity index is 1.71. The molecular formula is C23H20ClN3O. The second kappa shape index (κ2) is 7.41. The Bertz CT molecular complexity index is 1160. The highest BCUT2D eigenvalue weighted by Gasteiger charge is 2.16. The summed E-state index contributed by atoms with van der Waals surface area (Å²) in [6.07, 6.45) is 0. The fourth-order valence-corrected chi connectivity index (χ4v) is 3.39. The fourth-order valence-electron chi connectivity index (χ4n) is 3.22.